The number of ether oxygens (including phenoxy) is 2. The van der Waals surface area contributed by atoms with Crippen molar-refractivity contribution in [2.24, 2.45) is 0 Å². The summed E-state index contributed by atoms with van der Waals surface area (Å²) in [5.74, 6) is 0.192. The fraction of sp³-hybridized carbons (Fsp3) is 0.391. The molecular formula is C23H29N3O6S. The van der Waals surface area contributed by atoms with Crippen LogP contribution >= 0.6 is 0 Å². The van der Waals surface area contributed by atoms with Crippen molar-refractivity contribution >= 4 is 22.0 Å². The van der Waals surface area contributed by atoms with E-state index < -0.39 is 10.0 Å². The summed E-state index contributed by atoms with van der Waals surface area (Å²) < 4.78 is 38.5. The molecule has 10 heteroatoms. The first-order valence-electron chi connectivity index (χ1n) is 10.8. The van der Waals surface area contributed by atoms with Gasteiger partial charge in [-0.3, -0.25) is 4.79 Å². The van der Waals surface area contributed by atoms with Crippen LogP contribution in [0, 0.1) is 0 Å². The average Bonchev–Trinajstić information content (AvgIpc) is 2.83. The van der Waals surface area contributed by atoms with Crippen molar-refractivity contribution in [3.63, 3.8) is 0 Å². The first kappa shape index (κ1) is 24.5. The van der Waals surface area contributed by atoms with Crippen LogP contribution in [0.4, 0.5) is 4.79 Å². The second kappa shape index (κ2) is 11.2. The topological polar surface area (TPSA) is 105 Å². The Balaban J connectivity index is 1.49. The summed E-state index contributed by atoms with van der Waals surface area (Å²) in [7, 11) is -3.71. The Hall–Kier alpha value is -3.11. The quantitative estimate of drug-likeness (QED) is 0.629. The van der Waals surface area contributed by atoms with Gasteiger partial charge < -0.3 is 19.3 Å². The van der Waals surface area contributed by atoms with Gasteiger partial charge in [0.05, 0.1) is 11.5 Å². The molecule has 9 nitrogen and oxygen atoms in total. The van der Waals surface area contributed by atoms with Gasteiger partial charge in [-0.2, -0.15) is 0 Å². The smallest absolute Gasteiger partial charge is 0.409 e. The maximum Gasteiger partial charge on any atom is 0.409 e. The zero-order valence-electron chi connectivity index (χ0n) is 18.8. The van der Waals surface area contributed by atoms with Gasteiger partial charge in [-0.05, 0) is 43.7 Å². The molecule has 1 atom stereocenters. The zero-order chi connectivity index (χ0) is 23.8. The highest BCUT2D eigenvalue weighted by Crippen LogP contribution is 2.19. The van der Waals surface area contributed by atoms with E-state index in [0.29, 0.717) is 38.5 Å². The van der Waals surface area contributed by atoms with E-state index in [2.05, 4.69) is 4.72 Å². The Kier molecular flexibility index (Phi) is 8.29. The number of rotatable bonds is 8. The molecule has 2 amide bonds. The number of carbonyl (C=O) groups excluding carboxylic acids is 2. The van der Waals surface area contributed by atoms with Crippen molar-refractivity contribution in [3.05, 3.63) is 60.2 Å². The molecule has 1 heterocycles. The average molecular weight is 476 g/mol. The molecule has 2 aromatic carbocycles. The Morgan fingerprint density at radius 2 is 1.58 bits per heavy atom. The lowest BCUT2D eigenvalue weighted by molar-refractivity contribution is -0.134. The molecule has 0 spiro atoms. The van der Waals surface area contributed by atoms with Crippen LogP contribution in [0.2, 0.25) is 0 Å². The molecule has 1 N–H and O–H groups in total. The first-order valence-corrected chi connectivity index (χ1v) is 12.3. The molecule has 3 rings (SSSR count). The van der Waals surface area contributed by atoms with Crippen molar-refractivity contribution in [2.75, 3.05) is 39.4 Å². The van der Waals surface area contributed by atoms with Crippen LogP contribution in [-0.4, -0.2) is 69.6 Å². The van der Waals surface area contributed by atoms with Gasteiger partial charge in [0.1, 0.15) is 5.75 Å². The van der Waals surface area contributed by atoms with E-state index in [0.717, 1.165) is 5.56 Å². The standard InChI is InChI=1S/C23H29N3O6S/c1-3-31-23(28)26-15-13-25(14-16-26)22(27)17-32-20-9-11-21(12-10-20)33(29,30)24-18(2)19-7-5-4-6-8-19/h4-12,18,24H,3,13-17H2,1-2H3/t18-/m0/s1. The molecule has 0 aromatic heterocycles. The van der Waals surface area contributed by atoms with E-state index in [1.54, 1.807) is 23.6 Å². The lowest BCUT2D eigenvalue weighted by Crippen LogP contribution is -2.51. The monoisotopic (exact) mass is 475 g/mol. The number of nitrogens with zero attached hydrogens (tertiary/aromatic N) is 2. The Bertz CT molecular complexity index is 1040. The summed E-state index contributed by atoms with van der Waals surface area (Å²) in [5.41, 5.74) is 0.864. The number of carbonyl (C=O) groups is 2. The molecule has 2 aromatic rings. The van der Waals surface area contributed by atoms with Gasteiger partial charge in [-0.15, -0.1) is 0 Å². The Morgan fingerprint density at radius 3 is 2.18 bits per heavy atom. The van der Waals surface area contributed by atoms with Crippen molar-refractivity contribution < 1.29 is 27.5 Å². The minimum Gasteiger partial charge on any atom is -0.484 e. The molecule has 0 saturated carbocycles. The molecule has 0 radical (unpaired) electrons. The summed E-state index contributed by atoms with van der Waals surface area (Å²) in [6.45, 7) is 5.30. The third kappa shape index (κ3) is 6.69. The van der Waals surface area contributed by atoms with Crippen molar-refractivity contribution in [3.8, 4) is 5.75 Å². The molecule has 0 unspecified atom stereocenters. The van der Waals surface area contributed by atoms with Crippen LogP contribution in [0.5, 0.6) is 5.75 Å². The van der Waals surface area contributed by atoms with E-state index in [1.807, 2.05) is 30.3 Å². The highest BCUT2D eigenvalue weighted by molar-refractivity contribution is 7.89. The fourth-order valence-electron chi connectivity index (χ4n) is 3.42. The predicted octanol–water partition coefficient (Wildman–Crippen LogP) is 2.41. The normalized spacial score (nSPS) is 15.1. The molecule has 0 bridgehead atoms. The summed E-state index contributed by atoms with van der Waals surface area (Å²) >= 11 is 0. The zero-order valence-corrected chi connectivity index (χ0v) is 19.6. The highest BCUT2D eigenvalue weighted by Gasteiger charge is 2.25. The van der Waals surface area contributed by atoms with Gasteiger partial charge in [0.25, 0.3) is 5.91 Å². The Labute approximate surface area is 194 Å². The summed E-state index contributed by atoms with van der Waals surface area (Å²) in [5, 5.41) is 0. The Morgan fingerprint density at radius 1 is 0.970 bits per heavy atom. The molecule has 0 aliphatic carbocycles. The number of hydrogen-bond acceptors (Lipinski definition) is 6. The summed E-state index contributed by atoms with van der Waals surface area (Å²) in [6, 6.07) is 14.8. The van der Waals surface area contributed by atoms with E-state index in [4.69, 9.17) is 9.47 Å². The van der Waals surface area contributed by atoms with Gasteiger partial charge in [-0.1, -0.05) is 30.3 Å². The van der Waals surface area contributed by atoms with Crippen molar-refractivity contribution in [1.29, 1.82) is 0 Å². The van der Waals surface area contributed by atoms with Crippen LogP contribution < -0.4 is 9.46 Å². The molecular weight excluding hydrogens is 446 g/mol. The van der Waals surface area contributed by atoms with Crippen molar-refractivity contribution in [1.82, 2.24) is 14.5 Å². The van der Waals surface area contributed by atoms with Crippen LogP contribution in [-0.2, 0) is 19.6 Å². The first-order chi connectivity index (χ1) is 15.8. The summed E-state index contributed by atoms with van der Waals surface area (Å²) in [6.07, 6.45) is -0.372. The second-order valence-electron chi connectivity index (χ2n) is 7.58. The number of benzene rings is 2. The number of hydrogen-bond donors (Lipinski definition) is 1. The van der Waals surface area contributed by atoms with E-state index >= 15 is 0 Å². The lowest BCUT2D eigenvalue weighted by Gasteiger charge is -2.33. The lowest BCUT2D eigenvalue weighted by atomic mass is 10.1. The van der Waals surface area contributed by atoms with Gasteiger partial charge in [0.15, 0.2) is 6.61 Å². The predicted molar refractivity (Wildman–Crippen MR) is 122 cm³/mol. The fourth-order valence-corrected chi connectivity index (χ4v) is 4.65. The maximum absolute atomic E-state index is 12.7. The molecule has 178 valence electrons. The molecule has 1 aliphatic rings. The van der Waals surface area contributed by atoms with Gasteiger partial charge in [0.2, 0.25) is 10.0 Å². The van der Waals surface area contributed by atoms with Crippen molar-refractivity contribution in [2.45, 2.75) is 24.8 Å². The third-order valence-corrected chi connectivity index (χ3v) is 6.84. The van der Waals surface area contributed by atoms with Gasteiger partial charge in [-0.25, -0.2) is 17.9 Å². The van der Waals surface area contributed by atoms with Crippen LogP contribution in [0.15, 0.2) is 59.5 Å². The van der Waals surface area contributed by atoms with Gasteiger partial charge in [0, 0.05) is 32.2 Å². The highest BCUT2D eigenvalue weighted by atomic mass is 32.2. The second-order valence-corrected chi connectivity index (χ2v) is 9.29. The number of sulfonamides is 1. The minimum absolute atomic E-state index is 0.110. The van der Waals surface area contributed by atoms with Crippen LogP contribution in [0.3, 0.4) is 0 Å². The minimum atomic E-state index is -3.71. The number of amides is 2. The maximum atomic E-state index is 12.7. The molecule has 1 aliphatic heterocycles. The summed E-state index contributed by atoms with van der Waals surface area (Å²) in [4.78, 5) is 27.5. The van der Waals surface area contributed by atoms with Gasteiger partial charge >= 0.3 is 6.09 Å². The van der Waals surface area contributed by atoms with E-state index in [-0.39, 0.29) is 29.5 Å². The molecule has 1 fully saturated rings. The molecule has 1 saturated heterocycles. The van der Waals surface area contributed by atoms with Crippen LogP contribution in [0.25, 0.3) is 0 Å². The SMILES string of the molecule is CCOC(=O)N1CCN(C(=O)COc2ccc(S(=O)(=O)N[C@@H](C)c3ccccc3)cc2)CC1. The number of nitrogens with one attached hydrogen (secondary N) is 1. The number of piperazine rings is 1. The van der Waals surface area contributed by atoms with E-state index in [1.165, 1.54) is 24.3 Å². The largest absolute Gasteiger partial charge is 0.484 e. The molecule has 33 heavy (non-hydrogen) atoms. The van der Waals surface area contributed by atoms with Crippen LogP contribution in [0.1, 0.15) is 25.5 Å². The van der Waals surface area contributed by atoms with E-state index in [9.17, 15) is 18.0 Å². The third-order valence-electron chi connectivity index (χ3n) is 5.29.